The first kappa shape index (κ1) is 20.3. The third-order valence-corrected chi connectivity index (χ3v) is 4.65. The van der Waals surface area contributed by atoms with Gasteiger partial charge in [-0.25, -0.2) is 0 Å². The van der Waals surface area contributed by atoms with E-state index in [4.69, 9.17) is 0 Å². The van der Waals surface area contributed by atoms with Crippen LogP contribution in [0.1, 0.15) is 45.7 Å². The normalized spacial score (nSPS) is 10.6. The van der Waals surface area contributed by atoms with E-state index in [1.54, 1.807) is 36.7 Å². The second-order valence-electron chi connectivity index (χ2n) is 7.13. The summed E-state index contributed by atoms with van der Waals surface area (Å²) < 4.78 is 0. The lowest BCUT2D eigenvalue weighted by atomic mass is 10.1. The maximum Gasteiger partial charge on any atom is 0.254 e. The highest BCUT2D eigenvalue weighted by Crippen LogP contribution is 2.14. The molecule has 0 saturated carbocycles. The van der Waals surface area contributed by atoms with Gasteiger partial charge in [0.1, 0.15) is 0 Å². The Morgan fingerprint density at radius 1 is 0.897 bits per heavy atom. The average molecular weight is 387 g/mol. The van der Waals surface area contributed by atoms with Crippen molar-refractivity contribution in [3.05, 3.63) is 101 Å². The first-order valence-electron chi connectivity index (χ1n) is 9.66. The van der Waals surface area contributed by atoms with E-state index in [1.807, 2.05) is 61.2 Å². The average Bonchev–Trinajstić information content (AvgIpc) is 2.76. The van der Waals surface area contributed by atoms with Crippen molar-refractivity contribution < 1.29 is 9.59 Å². The first-order valence-corrected chi connectivity index (χ1v) is 9.66. The van der Waals surface area contributed by atoms with Crippen molar-refractivity contribution in [1.29, 1.82) is 0 Å². The van der Waals surface area contributed by atoms with Crippen LogP contribution in [-0.2, 0) is 13.1 Å². The number of hydrogen-bond acceptors (Lipinski definition) is 3. The van der Waals surface area contributed by atoms with Crippen molar-refractivity contribution in [2.24, 2.45) is 0 Å². The van der Waals surface area contributed by atoms with Crippen molar-refractivity contribution in [1.82, 2.24) is 15.2 Å². The smallest absolute Gasteiger partial charge is 0.254 e. The fourth-order valence-corrected chi connectivity index (χ4v) is 2.99. The van der Waals surface area contributed by atoms with Crippen LogP contribution in [0.5, 0.6) is 0 Å². The van der Waals surface area contributed by atoms with Crippen molar-refractivity contribution in [3.8, 4) is 0 Å². The van der Waals surface area contributed by atoms with Crippen LogP contribution in [0, 0.1) is 0 Å². The molecule has 0 atom stereocenters. The zero-order chi connectivity index (χ0) is 20.6. The molecule has 0 aliphatic rings. The Hall–Kier alpha value is -3.47. The summed E-state index contributed by atoms with van der Waals surface area (Å²) in [5, 5.41) is 2.86. The molecule has 3 aromatic rings. The van der Waals surface area contributed by atoms with Gasteiger partial charge < -0.3 is 10.2 Å². The summed E-state index contributed by atoms with van der Waals surface area (Å²) in [5.41, 5.74) is 3.10. The molecule has 2 aromatic carbocycles. The SMILES string of the molecule is CC(C)N(Cc1ccccc1)C(=O)c1ccc(C(=O)NCc2cccnc2)cc1. The summed E-state index contributed by atoms with van der Waals surface area (Å²) >= 11 is 0. The molecule has 0 spiro atoms. The van der Waals surface area contributed by atoms with Crippen LogP contribution in [0.2, 0.25) is 0 Å². The van der Waals surface area contributed by atoms with Crippen molar-refractivity contribution >= 4 is 11.8 Å². The van der Waals surface area contributed by atoms with E-state index in [-0.39, 0.29) is 17.9 Å². The fraction of sp³-hybridized carbons (Fsp3) is 0.208. The van der Waals surface area contributed by atoms with Gasteiger partial charge in [0.2, 0.25) is 0 Å². The maximum absolute atomic E-state index is 13.0. The number of pyridine rings is 1. The van der Waals surface area contributed by atoms with E-state index in [1.165, 1.54) is 0 Å². The van der Waals surface area contributed by atoms with Gasteiger partial charge >= 0.3 is 0 Å². The Labute approximate surface area is 171 Å². The molecular formula is C24H25N3O2. The summed E-state index contributed by atoms with van der Waals surface area (Å²) in [6, 6.07) is 20.5. The quantitative estimate of drug-likeness (QED) is 0.665. The number of rotatable bonds is 7. The molecule has 29 heavy (non-hydrogen) atoms. The van der Waals surface area contributed by atoms with E-state index in [2.05, 4.69) is 10.3 Å². The third-order valence-electron chi connectivity index (χ3n) is 4.65. The van der Waals surface area contributed by atoms with Gasteiger partial charge in [0.05, 0.1) is 0 Å². The predicted octanol–water partition coefficient (Wildman–Crippen LogP) is 4.06. The van der Waals surface area contributed by atoms with Crippen LogP contribution in [0.25, 0.3) is 0 Å². The lowest BCUT2D eigenvalue weighted by Gasteiger charge is -2.27. The number of benzene rings is 2. The van der Waals surface area contributed by atoms with Gasteiger partial charge in [-0.15, -0.1) is 0 Å². The number of nitrogens with one attached hydrogen (secondary N) is 1. The zero-order valence-electron chi connectivity index (χ0n) is 16.7. The molecule has 1 N–H and O–H groups in total. The summed E-state index contributed by atoms with van der Waals surface area (Å²) in [6.07, 6.45) is 3.41. The second-order valence-corrected chi connectivity index (χ2v) is 7.13. The highest BCUT2D eigenvalue weighted by molar-refractivity contribution is 5.97. The van der Waals surface area contributed by atoms with Gasteiger partial charge in [0.25, 0.3) is 11.8 Å². The first-order chi connectivity index (χ1) is 14.0. The van der Waals surface area contributed by atoms with E-state index >= 15 is 0 Å². The van der Waals surface area contributed by atoms with Gasteiger partial charge in [0, 0.05) is 42.7 Å². The van der Waals surface area contributed by atoms with Gasteiger partial charge in [-0.1, -0.05) is 36.4 Å². The lowest BCUT2D eigenvalue weighted by Crippen LogP contribution is -2.36. The lowest BCUT2D eigenvalue weighted by molar-refractivity contribution is 0.0690. The Bertz CT molecular complexity index is 939. The minimum Gasteiger partial charge on any atom is -0.348 e. The number of amides is 2. The molecule has 0 aliphatic carbocycles. The molecule has 1 heterocycles. The molecular weight excluding hydrogens is 362 g/mol. The Balaban J connectivity index is 1.66. The Kier molecular flexibility index (Phi) is 6.74. The minimum absolute atomic E-state index is 0.0498. The molecule has 3 rings (SSSR count). The number of hydrogen-bond donors (Lipinski definition) is 1. The second kappa shape index (κ2) is 9.64. The van der Waals surface area contributed by atoms with Gasteiger partial charge in [0.15, 0.2) is 0 Å². The highest BCUT2D eigenvalue weighted by atomic mass is 16.2. The molecule has 5 nitrogen and oxygen atoms in total. The molecule has 0 aliphatic heterocycles. The molecule has 5 heteroatoms. The van der Waals surface area contributed by atoms with Crippen LogP contribution in [0.15, 0.2) is 79.1 Å². The van der Waals surface area contributed by atoms with Crippen molar-refractivity contribution in [2.45, 2.75) is 33.0 Å². The maximum atomic E-state index is 13.0. The van der Waals surface area contributed by atoms with Crippen LogP contribution in [0.4, 0.5) is 0 Å². The van der Waals surface area contributed by atoms with E-state index < -0.39 is 0 Å². The van der Waals surface area contributed by atoms with Gasteiger partial charge in [-0.05, 0) is 55.3 Å². The van der Waals surface area contributed by atoms with Crippen molar-refractivity contribution in [2.75, 3.05) is 0 Å². The van der Waals surface area contributed by atoms with Crippen LogP contribution in [0.3, 0.4) is 0 Å². The topological polar surface area (TPSA) is 62.3 Å². The molecule has 0 unspecified atom stereocenters. The monoisotopic (exact) mass is 387 g/mol. The Morgan fingerprint density at radius 3 is 2.17 bits per heavy atom. The third kappa shape index (κ3) is 5.51. The summed E-state index contributed by atoms with van der Waals surface area (Å²) in [5.74, 6) is -0.232. The van der Waals surface area contributed by atoms with Crippen LogP contribution in [-0.4, -0.2) is 27.7 Å². The number of aromatic nitrogens is 1. The number of carbonyl (C=O) groups excluding carboxylic acids is 2. The minimum atomic E-state index is -0.183. The zero-order valence-corrected chi connectivity index (χ0v) is 16.7. The molecule has 0 saturated heterocycles. The van der Waals surface area contributed by atoms with Gasteiger partial charge in [-0.3, -0.25) is 14.6 Å². The van der Waals surface area contributed by atoms with Gasteiger partial charge in [-0.2, -0.15) is 0 Å². The number of carbonyl (C=O) groups is 2. The Morgan fingerprint density at radius 2 is 1.55 bits per heavy atom. The van der Waals surface area contributed by atoms with E-state index in [0.717, 1.165) is 11.1 Å². The fourth-order valence-electron chi connectivity index (χ4n) is 2.99. The van der Waals surface area contributed by atoms with Crippen molar-refractivity contribution in [3.63, 3.8) is 0 Å². The predicted molar refractivity (Wildman–Crippen MR) is 113 cm³/mol. The molecule has 0 fully saturated rings. The number of nitrogens with zero attached hydrogens (tertiary/aromatic N) is 2. The molecule has 0 radical (unpaired) electrons. The summed E-state index contributed by atoms with van der Waals surface area (Å²) in [7, 11) is 0. The van der Waals surface area contributed by atoms with Crippen LogP contribution < -0.4 is 5.32 Å². The van der Waals surface area contributed by atoms with E-state index in [9.17, 15) is 9.59 Å². The largest absolute Gasteiger partial charge is 0.348 e. The molecule has 1 aromatic heterocycles. The van der Waals surface area contributed by atoms with E-state index in [0.29, 0.717) is 24.2 Å². The molecule has 2 amide bonds. The highest BCUT2D eigenvalue weighted by Gasteiger charge is 2.19. The summed E-state index contributed by atoms with van der Waals surface area (Å²) in [4.78, 5) is 31.2. The molecule has 0 bridgehead atoms. The summed E-state index contributed by atoms with van der Waals surface area (Å²) in [6.45, 7) is 4.96. The standard InChI is InChI=1S/C24H25N3O2/c1-18(2)27(17-19-7-4-3-5-8-19)24(29)22-12-10-21(11-13-22)23(28)26-16-20-9-6-14-25-15-20/h3-15,18H,16-17H2,1-2H3,(H,26,28). The van der Waals surface area contributed by atoms with Crippen LogP contribution >= 0.6 is 0 Å². The molecule has 148 valence electrons.